The first-order valence-electron chi connectivity index (χ1n) is 12.3. The highest BCUT2D eigenvalue weighted by molar-refractivity contribution is 5.60. The minimum atomic E-state index is -0.213. The van der Waals surface area contributed by atoms with Crippen LogP contribution < -0.4 is 9.64 Å². The van der Waals surface area contributed by atoms with Gasteiger partial charge in [0.15, 0.2) is 5.82 Å². The maximum Gasteiger partial charge on any atom is 0.321 e. The van der Waals surface area contributed by atoms with Crippen molar-refractivity contribution in [1.82, 2.24) is 24.6 Å². The first kappa shape index (κ1) is 24.0. The lowest BCUT2D eigenvalue weighted by atomic mass is 10.1. The molecule has 5 rings (SSSR count). The molecule has 0 radical (unpaired) electrons. The molecule has 3 heterocycles. The third-order valence-corrected chi connectivity index (χ3v) is 6.10. The Kier molecular flexibility index (Phi) is 7.25. The predicted molar refractivity (Wildman–Crippen MR) is 141 cm³/mol. The minimum absolute atomic E-state index is 0.213. The van der Waals surface area contributed by atoms with Gasteiger partial charge in [-0.1, -0.05) is 54.1 Å². The zero-order valence-electron chi connectivity index (χ0n) is 21.0. The third kappa shape index (κ3) is 5.72. The van der Waals surface area contributed by atoms with Crippen LogP contribution in [0.1, 0.15) is 17.2 Å². The summed E-state index contributed by atoms with van der Waals surface area (Å²) < 4.78 is 13.8. The van der Waals surface area contributed by atoms with Gasteiger partial charge in [0.1, 0.15) is 11.9 Å². The summed E-state index contributed by atoms with van der Waals surface area (Å²) in [4.78, 5) is 13.9. The van der Waals surface area contributed by atoms with Gasteiger partial charge >= 0.3 is 6.01 Å². The zero-order valence-corrected chi connectivity index (χ0v) is 21.0. The highest BCUT2D eigenvalue weighted by Gasteiger charge is 2.21. The van der Waals surface area contributed by atoms with Crippen molar-refractivity contribution < 1.29 is 9.47 Å². The molecule has 0 aliphatic carbocycles. The topological polar surface area (TPSA) is 68.5 Å². The molecular weight excluding hydrogens is 452 g/mol. The monoisotopic (exact) mass is 484 g/mol. The fourth-order valence-electron chi connectivity index (χ4n) is 4.27. The van der Waals surface area contributed by atoms with Crippen molar-refractivity contribution >= 4 is 5.82 Å². The summed E-state index contributed by atoms with van der Waals surface area (Å²) in [6, 6.07) is 22.8. The molecule has 4 aromatic rings. The second kappa shape index (κ2) is 10.9. The van der Waals surface area contributed by atoms with Crippen LogP contribution in [0, 0.1) is 6.92 Å². The maximum absolute atomic E-state index is 6.45. The molecular formula is C28H32N6O2. The molecule has 36 heavy (non-hydrogen) atoms. The van der Waals surface area contributed by atoms with Crippen molar-refractivity contribution in [3.05, 3.63) is 84.1 Å². The molecule has 186 valence electrons. The third-order valence-electron chi connectivity index (χ3n) is 6.10. The average Bonchev–Trinajstić information content (AvgIpc) is 3.40. The number of likely N-dealkylation sites (N-methyl/N-ethyl adjacent to an activating group) is 1. The molecule has 8 nitrogen and oxygen atoms in total. The van der Waals surface area contributed by atoms with E-state index in [0.29, 0.717) is 31.6 Å². The van der Waals surface area contributed by atoms with E-state index >= 15 is 0 Å². The molecule has 1 atom stereocenters. The molecule has 0 saturated carbocycles. The number of rotatable bonds is 8. The fourth-order valence-corrected chi connectivity index (χ4v) is 4.27. The van der Waals surface area contributed by atoms with E-state index in [1.54, 1.807) is 4.68 Å². The number of ether oxygens (including phenoxy) is 2. The van der Waals surface area contributed by atoms with Crippen LogP contribution >= 0.6 is 0 Å². The van der Waals surface area contributed by atoms with Gasteiger partial charge in [-0.15, -0.1) is 0 Å². The highest BCUT2D eigenvalue weighted by Crippen LogP contribution is 2.26. The Balaban J connectivity index is 1.51. The van der Waals surface area contributed by atoms with Crippen LogP contribution in [0.3, 0.4) is 0 Å². The first-order valence-corrected chi connectivity index (χ1v) is 12.3. The molecule has 1 aliphatic rings. The Bertz CT molecular complexity index is 1280. The number of aromatic nitrogens is 4. The highest BCUT2D eigenvalue weighted by atomic mass is 16.5. The molecule has 8 heteroatoms. The van der Waals surface area contributed by atoms with Crippen LogP contribution in [0.15, 0.2) is 72.9 Å². The van der Waals surface area contributed by atoms with Gasteiger partial charge in [0.2, 0.25) is 0 Å². The summed E-state index contributed by atoms with van der Waals surface area (Å²) in [5.41, 5.74) is 4.24. The lowest BCUT2D eigenvalue weighted by Crippen LogP contribution is -2.37. The minimum Gasteiger partial charge on any atom is -0.454 e. The Morgan fingerprint density at radius 3 is 2.47 bits per heavy atom. The van der Waals surface area contributed by atoms with Gasteiger partial charge in [-0.2, -0.15) is 15.1 Å². The van der Waals surface area contributed by atoms with Gasteiger partial charge in [0, 0.05) is 37.5 Å². The van der Waals surface area contributed by atoms with E-state index < -0.39 is 0 Å². The van der Waals surface area contributed by atoms with E-state index in [1.807, 2.05) is 56.7 Å². The van der Waals surface area contributed by atoms with Crippen molar-refractivity contribution in [2.75, 3.05) is 51.8 Å². The van der Waals surface area contributed by atoms with Crippen molar-refractivity contribution in [2.45, 2.75) is 13.0 Å². The predicted octanol–water partition coefficient (Wildman–Crippen LogP) is 4.16. The number of hydrogen-bond acceptors (Lipinski definition) is 7. The van der Waals surface area contributed by atoms with E-state index in [1.165, 1.54) is 5.56 Å². The molecule has 1 aliphatic heterocycles. The number of morpholine rings is 1. The van der Waals surface area contributed by atoms with Crippen molar-refractivity contribution in [3.63, 3.8) is 0 Å². The number of nitrogens with zero attached hydrogens (tertiary/aromatic N) is 6. The second-order valence-corrected chi connectivity index (χ2v) is 9.26. The number of hydrogen-bond donors (Lipinski definition) is 0. The van der Waals surface area contributed by atoms with Crippen LogP contribution in [-0.2, 0) is 4.74 Å². The van der Waals surface area contributed by atoms with E-state index in [-0.39, 0.29) is 6.10 Å². The van der Waals surface area contributed by atoms with Crippen molar-refractivity contribution in [1.29, 1.82) is 0 Å². The molecule has 1 saturated heterocycles. The molecule has 0 amide bonds. The van der Waals surface area contributed by atoms with Gasteiger partial charge in [0.05, 0.1) is 18.9 Å². The lowest BCUT2D eigenvalue weighted by Gasteiger charge is -2.28. The smallest absolute Gasteiger partial charge is 0.321 e. The summed E-state index contributed by atoms with van der Waals surface area (Å²) in [6.07, 6.45) is 1.72. The standard InChI is InChI=1S/C28H32N6O2/c1-21-8-7-11-23(18-21)24-12-13-34(31-24)27-19-26(33-14-16-35-17-15-33)29-28(30-27)36-25(20-32(2)3)22-9-5-4-6-10-22/h4-13,18-19,25H,14-17,20H2,1-3H3. The average molecular weight is 485 g/mol. The summed E-state index contributed by atoms with van der Waals surface area (Å²) in [5, 5.41) is 4.82. The SMILES string of the molecule is Cc1cccc(-c2ccn(-c3cc(N4CCOCC4)nc(OC(CN(C)C)c4ccccc4)n3)n2)c1. The number of anilines is 1. The normalized spacial score (nSPS) is 14.7. The summed E-state index contributed by atoms with van der Waals surface area (Å²) >= 11 is 0. The molecule has 0 bridgehead atoms. The van der Waals surface area contributed by atoms with E-state index in [0.717, 1.165) is 35.7 Å². The van der Waals surface area contributed by atoms with Crippen LogP contribution in [0.4, 0.5) is 5.82 Å². The van der Waals surface area contributed by atoms with Gasteiger partial charge in [-0.05, 0) is 38.7 Å². The molecule has 0 N–H and O–H groups in total. The van der Waals surface area contributed by atoms with Gasteiger partial charge in [-0.25, -0.2) is 4.68 Å². The summed E-state index contributed by atoms with van der Waals surface area (Å²) in [6.45, 7) is 5.65. The Morgan fingerprint density at radius 1 is 0.944 bits per heavy atom. The van der Waals surface area contributed by atoms with E-state index in [9.17, 15) is 0 Å². The Labute approximate surface area is 212 Å². The van der Waals surface area contributed by atoms with Crippen LogP contribution in [-0.4, -0.2) is 71.6 Å². The molecule has 0 spiro atoms. The number of benzene rings is 2. The largest absolute Gasteiger partial charge is 0.454 e. The molecule has 2 aromatic heterocycles. The van der Waals surface area contributed by atoms with Crippen molar-refractivity contribution in [2.24, 2.45) is 0 Å². The Hall–Kier alpha value is -3.75. The van der Waals surface area contributed by atoms with Gasteiger partial charge in [-0.3, -0.25) is 0 Å². The van der Waals surface area contributed by atoms with Crippen LogP contribution in [0.5, 0.6) is 6.01 Å². The van der Waals surface area contributed by atoms with Crippen molar-refractivity contribution in [3.8, 4) is 23.1 Å². The second-order valence-electron chi connectivity index (χ2n) is 9.26. The summed E-state index contributed by atoms with van der Waals surface area (Å²) in [5.74, 6) is 1.47. The Morgan fingerprint density at radius 2 is 1.72 bits per heavy atom. The lowest BCUT2D eigenvalue weighted by molar-refractivity contribution is 0.122. The molecule has 2 aromatic carbocycles. The zero-order chi connectivity index (χ0) is 24.9. The van der Waals surface area contributed by atoms with E-state index in [2.05, 4.69) is 47.1 Å². The first-order chi connectivity index (χ1) is 17.5. The molecule has 1 fully saturated rings. The number of aryl methyl sites for hydroxylation is 1. The van der Waals surface area contributed by atoms with Gasteiger partial charge in [0.25, 0.3) is 0 Å². The summed E-state index contributed by atoms with van der Waals surface area (Å²) in [7, 11) is 4.07. The quantitative estimate of drug-likeness (QED) is 0.372. The maximum atomic E-state index is 6.45. The molecule has 1 unspecified atom stereocenters. The van der Waals surface area contributed by atoms with E-state index in [4.69, 9.17) is 24.5 Å². The van der Waals surface area contributed by atoms with Crippen LogP contribution in [0.25, 0.3) is 17.1 Å². The fraction of sp³-hybridized carbons (Fsp3) is 0.321. The van der Waals surface area contributed by atoms with Crippen LogP contribution in [0.2, 0.25) is 0 Å². The van der Waals surface area contributed by atoms with Gasteiger partial charge < -0.3 is 19.3 Å².